The van der Waals surface area contributed by atoms with Crippen molar-refractivity contribution in [1.82, 2.24) is 14.9 Å². The summed E-state index contributed by atoms with van der Waals surface area (Å²) in [7, 11) is 1.63. The Morgan fingerprint density at radius 2 is 2.35 bits per heavy atom. The largest absolute Gasteiger partial charge is 0.491 e. The minimum atomic E-state index is -0.0734. The number of benzene rings is 1. The fraction of sp³-hybridized carbons (Fsp3) is 0.412. The number of aryl methyl sites for hydroxylation is 1. The molecule has 6 nitrogen and oxygen atoms in total. The molecule has 0 saturated carbocycles. The molecule has 1 aromatic heterocycles. The number of hydrogen-bond donors (Lipinski definition) is 1. The van der Waals surface area contributed by atoms with Crippen LogP contribution in [0.2, 0.25) is 0 Å². The SMILES string of the molecule is COCCOc1cccc(C(=O)N[C@H]2CCc3nccn3C2)c1. The number of aromatic nitrogens is 2. The molecule has 23 heavy (non-hydrogen) atoms. The summed E-state index contributed by atoms with van der Waals surface area (Å²) in [6.07, 6.45) is 5.56. The van der Waals surface area contributed by atoms with E-state index in [0.29, 0.717) is 24.5 Å². The first-order chi connectivity index (χ1) is 11.3. The summed E-state index contributed by atoms with van der Waals surface area (Å²) in [5.74, 6) is 1.69. The molecule has 3 rings (SSSR count). The highest BCUT2D eigenvalue weighted by molar-refractivity contribution is 5.94. The Hall–Kier alpha value is -2.34. The summed E-state index contributed by atoms with van der Waals surface area (Å²) < 4.78 is 12.6. The second-order valence-electron chi connectivity index (χ2n) is 5.57. The van der Waals surface area contributed by atoms with Gasteiger partial charge in [-0.25, -0.2) is 4.98 Å². The van der Waals surface area contributed by atoms with E-state index in [2.05, 4.69) is 14.9 Å². The molecule has 0 fully saturated rings. The van der Waals surface area contributed by atoms with Crippen LogP contribution in [0.15, 0.2) is 36.7 Å². The summed E-state index contributed by atoms with van der Waals surface area (Å²) >= 11 is 0. The molecule has 0 unspecified atom stereocenters. The van der Waals surface area contributed by atoms with Gasteiger partial charge in [-0.15, -0.1) is 0 Å². The highest BCUT2D eigenvalue weighted by Gasteiger charge is 2.20. The lowest BCUT2D eigenvalue weighted by atomic mass is 10.1. The van der Waals surface area contributed by atoms with E-state index in [1.165, 1.54) is 0 Å². The normalized spacial score (nSPS) is 16.7. The van der Waals surface area contributed by atoms with Crippen LogP contribution < -0.4 is 10.1 Å². The lowest BCUT2D eigenvalue weighted by Crippen LogP contribution is -2.40. The van der Waals surface area contributed by atoms with Crippen molar-refractivity contribution in [2.24, 2.45) is 0 Å². The number of carbonyl (C=O) groups excluding carboxylic acids is 1. The van der Waals surface area contributed by atoms with Gasteiger partial charge in [0.25, 0.3) is 5.91 Å². The van der Waals surface area contributed by atoms with Gasteiger partial charge in [0.15, 0.2) is 0 Å². The first kappa shape index (κ1) is 15.6. The van der Waals surface area contributed by atoms with Crippen molar-refractivity contribution in [3.05, 3.63) is 48.0 Å². The Labute approximate surface area is 135 Å². The Balaban J connectivity index is 1.59. The molecule has 1 aromatic carbocycles. The number of carbonyl (C=O) groups is 1. The topological polar surface area (TPSA) is 65.4 Å². The molecule has 1 N–H and O–H groups in total. The van der Waals surface area contributed by atoms with Crippen molar-refractivity contribution in [3.63, 3.8) is 0 Å². The maximum absolute atomic E-state index is 12.4. The number of nitrogens with one attached hydrogen (secondary N) is 1. The van der Waals surface area contributed by atoms with Crippen molar-refractivity contribution >= 4 is 5.91 Å². The molecule has 0 saturated heterocycles. The monoisotopic (exact) mass is 315 g/mol. The molecule has 1 aliphatic rings. The summed E-state index contributed by atoms with van der Waals surface area (Å²) in [6.45, 7) is 1.75. The van der Waals surface area contributed by atoms with Gasteiger partial charge < -0.3 is 19.4 Å². The van der Waals surface area contributed by atoms with E-state index in [4.69, 9.17) is 9.47 Å². The molecule has 0 aliphatic carbocycles. The van der Waals surface area contributed by atoms with Gasteiger partial charge in [0.05, 0.1) is 6.61 Å². The predicted octanol–water partition coefficient (Wildman–Crippen LogP) is 1.65. The standard InChI is InChI=1S/C17H21N3O3/c1-22-9-10-23-15-4-2-3-13(11-15)17(21)19-14-5-6-16-18-7-8-20(16)12-14/h2-4,7-8,11,14H,5-6,9-10,12H2,1H3,(H,19,21)/t14-/m0/s1. The Bertz CT molecular complexity index is 669. The van der Waals surface area contributed by atoms with Gasteiger partial charge in [0, 0.05) is 44.1 Å². The van der Waals surface area contributed by atoms with Crippen molar-refractivity contribution in [1.29, 1.82) is 0 Å². The lowest BCUT2D eigenvalue weighted by Gasteiger charge is -2.24. The minimum absolute atomic E-state index is 0.0734. The van der Waals surface area contributed by atoms with Crippen LogP contribution in [0, 0.1) is 0 Å². The van der Waals surface area contributed by atoms with Crippen molar-refractivity contribution in [2.75, 3.05) is 20.3 Å². The highest BCUT2D eigenvalue weighted by Crippen LogP contribution is 2.16. The van der Waals surface area contributed by atoms with Gasteiger partial charge in [0.1, 0.15) is 18.2 Å². The van der Waals surface area contributed by atoms with Gasteiger partial charge in [-0.05, 0) is 24.6 Å². The van der Waals surface area contributed by atoms with Crippen LogP contribution in [-0.4, -0.2) is 41.8 Å². The Morgan fingerprint density at radius 3 is 3.22 bits per heavy atom. The summed E-state index contributed by atoms with van der Waals surface area (Å²) in [5, 5.41) is 3.09. The van der Waals surface area contributed by atoms with E-state index >= 15 is 0 Å². The molecular formula is C17H21N3O3. The van der Waals surface area contributed by atoms with Crippen LogP contribution in [0.5, 0.6) is 5.75 Å². The zero-order chi connectivity index (χ0) is 16.1. The van der Waals surface area contributed by atoms with Gasteiger partial charge in [-0.1, -0.05) is 6.07 Å². The van der Waals surface area contributed by atoms with E-state index in [1.807, 2.05) is 18.3 Å². The molecule has 6 heteroatoms. The van der Waals surface area contributed by atoms with Gasteiger partial charge in [-0.2, -0.15) is 0 Å². The van der Waals surface area contributed by atoms with Crippen LogP contribution in [0.1, 0.15) is 22.6 Å². The zero-order valence-corrected chi connectivity index (χ0v) is 13.2. The smallest absolute Gasteiger partial charge is 0.251 e. The van der Waals surface area contributed by atoms with Gasteiger partial charge >= 0.3 is 0 Å². The minimum Gasteiger partial charge on any atom is -0.491 e. The molecule has 0 spiro atoms. The second-order valence-corrected chi connectivity index (χ2v) is 5.57. The maximum atomic E-state index is 12.4. The molecular weight excluding hydrogens is 294 g/mol. The third-order valence-electron chi connectivity index (χ3n) is 3.92. The van der Waals surface area contributed by atoms with Crippen LogP contribution in [0.25, 0.3) is 0 Å². The fourth-order valence-electron chi connectivity index (χ4n) is 2.72. The maximum Gasteiger partial charge on any atom is 0.251 e. The summed E-state index contributed by atoms with van der Waals surface area (Å²) in [5.41, 5.74) is 0.608. The average Bonchev–Trinajstić information content (AvgIpc) is 3.03. The van der Waals surface area contributed by atoms with E-state index in [9.17, 15) is 4.79 Å². The average molecular weight is 315 g/mol. The third-order valence-corrected chi connectivity index (χ3v) is 3.92. The van der Waals surface area contributed by atoms with Crippen molar-refractivity contribution in [2.45, 2.75) is 25.4 Å². The number of methoxy groups -OCH3 is 1. The molecule has 1 atom stereocenters. The van der Waals surface area contributed by atoms with Gasteiger partial charge in [0.2, 0.25) is 0 Å². The van der Waals surface area contributed by atoms with Crippen LogP contribution >= 0.6 is 0 Å². The molecule has 1 aliphatic heterocycles. The fourth-order valence-corrected chi connectivity index (χ4v) is 2.72. The van der Waals surface area contributed by atoms with Gasteiger partial charge in [-0.3, -0.25) is 4.79 Å². The molecule has 0 bridgehead atoms. The highest BCUT2D eigenvalue weighted by atomic mass is 16.5. The van der Waals surface area contributed by atoms with E-state index in [-0.39, 0.29) is 11.9 Å². The molecule has 122 valence electrons. The predicted molar refractivity (Wildman–Crippen MR) is 85.6 cm³/mol. The quantitative estimate of drug-likeness (QED) is 0.823. The number of rotatable bonds is 6. The van der Waals surface area contributed by atoms with Crippen LogP contribution in [0.3, 0.4) is 0 Å². The van der Waals surface area contributed by atoms with E-state index in [1.54, 1.807) is 25.4 Å². The number of imidazole rings is 1. The van der Waals surface area contributed by atoms with E-state index in [0.717, 1.165) is 25.2 Å². The summed E-state index contributed by atoms with van der Waals surface area (Å²) in [4.78, 5) is 16.7. The number of fused-ring (bicyclic) bond motifs is 1. The number of amides is 1. The molecule has 0 radical (unpaired) electrons. The molecule has 2 aromatic rings. The Kier molecular flexibility index (Phi) is 4.92. The number of ether oxygens (including phenoxy) is 2. The Morgan fingerprint density at radius 1 is 1.43 bits per heavy atom. The van der Waals surface area contributed by atoms with Crippen LogP contribution in [-0.2, 0) is 17.7 Å². The second kappa shape index (κ2) is 7.28. The first-order valence-corrected chi connectivity index (χ1v) is 7.79. The molecule has 2 heterocycles. The van der Waals surface area contributed by atoms with Crippen molar-refractivity contribution in [3.8, 4) is 5.75 Å². The number of hydrogen-bond acceptors (Lipinski definition) is 4. The van der Waals surface area contributed by atoms with Crippen molar-refractivity contribution < 1.29 is 14.3 Å². The number of nitrogens with zero attached hydrogens (tertiary/aromatic N) is 2. The molecule has 1 amide bonds. The third kappa shape index (κ3) is 3.90. The first-order valence-electron chi connectivity index (χ1n) is 7.79. The zero-order valence-electron chi connectivity index (χ0n) is 13.2. The van der Waals surface area contributed by atoms with Crippen LogP contribution in [0.4, 0.5) is 0 Å². The summed E-state index contributed by atoms with van der Waals surface area (Å²) in [6, 6.07) is 7.35. The lowest BCUT2D eigenvalue weighted by molar-refractivity contribution is 0.0927. The van der Waals surface area contributed by atoms with E-state index < -0.39 is 0 Å².